The van der Waals surface area contributed by atoms with Crippen molar-refractivity contribution >= 4 is 23.1 Å². The molecule has 0 unspecified atom stereocenters. The number of nitriles is 1. The summed E-state index contributed by atoms with van der Waals surface area (Å²) in [5.74, 6) is 0.00591. The Morgan fingerprint density at radius 3 is 2.64 bits per heavy atom. The van der Waals surface area contributed by atoms with Gasteiger partial charge in [-0.2, -0.15) is 5.26 Å². The number of rotatable bonds is 2. The number of anilines is 1. The number of carbonyl (C=O) groups is 1. The number of nitrogens with zero attached hydrogens (tertiary/aromatic N) is 1. The molecule has 1 heterocycles. The second-order valence-corrected chi connectivity index (χ2v) is 6.01. The second kappa shape index (κ2) is 5.82. The number of hydrogen-bond acceptors (Lipinski definition) is 3. The van der Waals surface area contributed by atoms with E-state index in [1.165, 1.54) is 0 Å². The van der Waals surface area contributed by atoms with Crippen molar-refractivity contribution in [2.75, 3.05) is 5.32 Å². The predicted molar refractivity (Wildman–Crippen MR) is 86.8 cm³/mol. The molecule has 0 aliphatic carbocycles. The van der Waals surface area contributed by atoms with Crippen LogP contribution in [0, 0.1) is 17.2 Å². The summed E-state index contributed by atoms with van der Waals surface area (Å²) in [6, 6.07) is 15.1. The highest BCUT2D eigenvalue weighted by atomic mass is 35.5. The molecule has 2 aromatic carbocycles. The summed E-state index contributed by atoms with van der Waals surface area (Å²) < 4.78 is 0. The zero-order valence-corrected chi connectivity index (χ0v) is 12.9. The SMILES string of the molecule is CC(=O)[C@H]1Cc2cc(Cl)ccc2N[C@H]1c1ccc(C#N)cc1. The molecule has 1 N–H and O–H groups in total. The number of fused-ring (bicyclic) bond motifs is 1. The lowest BCUT2D eigenvalue weighted by Gasteiger charge is -2.34. The van der Waals surface area contributed by atoms with Crippen molar-refractivity contribution in [2.45, 2.75) is 19.4 Å². The summed E-state index contributed by atoms with van der Waals surface area (Å²) in [6.07, 6.45) is 0.670. The molecule has 0 radical (unpaired) electrons. The molecule has 0 saturated carbocycles. The van der Waals surface area contributed by atoms with Crippen LogP contribution in [0.4, 0.5) is 5.69 Å². The highest BCUT2D eigenvalue weighted by molar-refractivity contribution is 6.30. The smallest absolute Gasteiger partial charge is 0.135 e. The van der Waals surface area contributed by atoms with E-state index in [0.29, 0.717) is 17.0 Å². The molecule has 22 heavy (non-hydrogen) atoms. The molecular formula is C18H15ClN2O. The first-order valence-corrected chi connectivity index (χ1v) is 7.52. The second-order valence-electron chi connectivity index (χ2n) is 5.58. The van der Waals surface area contributed by atoms with E-state index in [1.807, 2.05) is 30.3 Å². The molecule has 3 rings (SSSR count). The van der Waals surface area contributed by atoms with Gasteiger partial charge in [0.1, 0.15) is 5.78 Å². The molecule has 3 nitrogen and oxygen atoms in total. The van der Waals surface area contributed by atoms with Crippen molar-refractivity contribution in [1.29, 1.82) is 5.26 Å². The van der Waals surface area contributed by atoms with Gasteiger partial charge in [-0.15, -0.1) is 0 Å². The first-order chi connectivity index (χ1) is 10.6. The number of benzene rings is 2. The van der Waals surface area contributed by atoms with Crippen LogP contribution in [0.15, 0.2) is 42.5 Å². The van der Waals surface area contributed by atoms with Crippen molar-refractivity contribution < 1.29 is 4.79 Å². The number of halogens is 1. The summed E-state index contributed by atoms with van der Waals surface area (Å²) in [4.78, 5) is 12.1. The normalized spacial score (nSPS) is 19.7. The zero-order valence-electron chi connectivity index (χ0n) is 12.1. The van der Waals surface area contributed by atoms with Gasteiger partial charge in [-0.1, -0.05) is 23.7 Å². The van der Waals surface area contributed by atoms with E-state index in [4.69, 9.17) is 16.9 Å². The molecule has 0 fully saturated rings. The van der Waals surface area contributed by atoms with Gasteiger partial charge >= 0.3 is 0 Å². The van der Waals surface area contributed by atoms with Crippen molar-refractivity contribution in [3.05, 3.63) is 64.2 Å². The van der Waals surface area contributed by atoms with Crippen LogP contribution in [0.3, 0.4) is 0 Å². The molecule has 1 aliphatic heterocycles. The van der Waals surface area contributed by atoms with E-state index in [0.717, 1.165) is 16.8 Å². The molecule has 2 aromatic rings. The van der Waals surface area contributed by atoms with Crippen molar-refractivity contribution in [1.82, 2.24) is 0 Å². The highest BCUT2D eigenvalue weighted by Gasteiger charge is 2.32. The lowest BCUT2D eigenvalue weighted by Crippen LogP contribution is -2.32. The number of nitrogens with one attached hydrogen (secondary N) is 1. The van der Waals surface area contributed by atoms with Crippen molar-refractivity contribution in [2.24, 2.45) is 5.92 Å². The van der Waals surface area contributed by atoms with E-state index in [2.05, 4.69) is 11.4 Å². The van der Waals surface area contributed by atoms with Gasteiger partial charge in [0.05, 0.1) is 17.7 Å². The third kappa shape index (κ3) is 2.70. The quantitative estimate of drug-likeness (QED) is 0.907. The maximum Gasteiger partial charge on any atom is 0.135 e. The third-order valence-corrected chi connectivity index (χ3v) is 4.38. The number of carbonyl (C=O) groups excluding carboxylic acids is 1. The molecule has 0 aromatic heterocycles. The van der Waals surface area contributed by atoms with Gasteiger partial charge in [-0.05, 0) is 54.8 Å². The minimum atomic E-state index is -0.140. The Morgan fingerprint density at radius 1 is 1.27 bits per heavy atom. The lowest BCUT2D eigenvalue weighted by molar-refractivity contribution is -0.121. The predicted octanol–water partition coefficient (Wildman–Crippen LogP) is 4.13. The first-order valence-electron chi connectivity index (χ1n) is 7.14. The van der Waals surface area contributed by atoms with Crippen molar-refractivity contribution in [3.8, 4) is 6.07 Å². The zero-order chi connectivity index (χ0) is 15.7. The van der Waals surface area contributed by atoms with E-state index >= 15 is 0 Å². The standard InChI is InChI=1S/C18H15ClN2O/c1-11(22)16-9-14-8-15(19)6-7-17(14)21-18(16)13-4-2-12(10-20)3-5-13/h2-8,16,18,21H,9H2,1H3/t16-,18+/m1/s1. The number of hydrogen-bond donors (Lipinski definition) is 1. The van der Waals surface area contributed by atoms with Crippen LogP contribution >= 0.6 is 11.6 Å². The van der Waals surface area contributed by atoms with Crippen LogP contribution in [0.25, 0.3) is 0 Å². The van der Waals surface area contributed by atoms with Gasteiger partial charge in [0.15, 0.2) is 0 Å². The van der Waals surface area contributed by atoms with E-state index in [1.54, 1.807) is 19.1 Å². The number of ketones is 1. The van der Waals surface area contributed by atoms with Crippen molar-refractivity contribution in [3.63, 3.8) is 0 Å². The molecule has 2 atom stereocenters. The summed E-state index contributed by atoms with van der Waals surface area (Å²) in [5.41, 5.74) is 3.71. The van der Waals surface area contributed by atoms with Gasteiger partial charge in [-0.3, -0.25) is 4.79 Å². The molecule has 4 heteroatoms. The van der Waals surface area contributed by atoms with E-state index < -0.39 is 0 Å². The fourth-order valence-electron chi connectivity index (χ4n) is 2.95. The topological polar surface area (TPSA) is 52.9 Å². The van der Waals surface area contributed by atoms with Crippen LogP contribution in [-0.2, 0) is 11.2 Å². The van der Waals surface area contributed by atoms with Crippen LogP contribution in [0.1, 0.15) is 29.7 Å². The van der Waals surface area contributed by atoms with Gasteiger partial charge in [0.25, 0.3) is 0 Å². The molecule has 0 saturated heterocycles. The monoisotopic (exact) mass is 310 g/mol. The molecule has 1 aliphatic rings. The largest absolute Gasteiger partial charge is 0.377 e. The minimum Gasteiger partial charge on any atom is -0.377 e. The average molecular weight is 311 g/mol. The Morgan fingerprint density at radius 2 is 2.00 bits per heavy atom. The Kier molecular flexibility index (Phi) is 3.87. The highest BCUT2D eigenvalue weighted by Crippen LogP contribution is 2.38. The summed E-state index contributed by atoms with van der Waals surface area (Å²) in [5, 5.41) is 13.0. The molecule has 0 spiro atoms. The summed E-state index contributed by atoms with van der Waals surface area (Å²) in [6.45, 7) is 1.62. The van der Waals surface area contributed by atoms with Gasteiger partial charge in [-0.25, -0.2) is 0 Å². The maximum absolute atomic E-state index is 12.1. The Bertz CT molecular complexity index is 762. The molecular weight excluding hydrogens is 296 g/mol. The van der Waals surface area contributed by atoms with E-state index in [-0.39, 0.29) is 17.7 Å². The van der Waals surface area contributed by atoms with Gasteiger partial charge in [0.2, 0.25) is 0 Å². The maximum atomic E-state index is 12.1. The Labute approximate surface area is 134 Å². The molecule has 0 amide bonds. The fraction of sp³-hybridized carbons (Fsp3) is 0.222. The van der Waals surface area contributed by atoms with Crippen LogP contribution < -0.4 is 5.32 Å². The van der Waals surface area contributed by atoms with Crippen LogP contribution in [0.5, 0.6) is 0 Å². The summed E-state index contributed by atoms with van der Waals surface area (Å²) in [7, 11) is 0. The van der Waals surface area contributed by atoms with Crippen LogP contribution in [0.2, 0.25) is 5.02 Å². The molecule has 0 bridgehead atoms. The molecule has 110 valence electrons. The Balaban J connectivity index is 1.99. The summed E-state index contributed by atoms with van der Waals surface area (Å²) >= 11 is 6.05. The van der Waals surface area contributed by atoms with Gasteiger partial charge in [0, 0.05) is 16.6 Å². The fourth-order valence-corrected chi connectivity index (χ4v) is 3.15. The average Bonchev–Trinajstić information content (AvgIpc) is 2.53. The lowest BCUT2D eigenvalue weighted by atomic mass is 9.81. The number of Topliss-reactive ketones (excluding diaryl/α,β-unsaturated/α-hetero) is 1. The van der Waals surface area contributed by atoms with Gasteiger partial charge < -0.3 is 5.32 Å². The van der Waals surface area contributed by atoms with E-state index in [9.17, 15) is 4.79 Å². The first kappa shape index (κ1) is 14.6. The third-order valence-electron chi connectivity index (χ3n) is 4.14. The van der Waals surface area contributed by atoms with Crippen LogP contribution in [-0.4, -0.2) is 5.78 Å². The Hall–Kier alpha value is -2.31. The minimum absolute atomic E-state index is 0.0843.